The number of hydrogen-bond donors (Lipinski definition) is 0. The van der Waals surface area contributed by atoms with E-state index in [2.05, 4.69) is 10.2 Å². The molecule has 0 aliphatic heterocycles. The zero-order valence-electron chi connectivity index (χ0n) is 9.06. The van der Waals surface area contributed by atoms with Crippen LogP contribution in [-0.2, 0) is 11.8 Å². The molecule has 1 aliphatic carbocycles. The molecule has 0 bridgehead atoms. The zero-order chi connectivity index (χ0) is 10.8. The van der Waals surface area contributed by atoms with Gasteiger partial charge in [0.25, 0.3) is 0 Å². The van der Waals surface area contributed by atoms with E-state index in [9.17, 15) is 4.79 Å². The lowest BCUT2D eigenvalue weighted by molar-refractivity contribution is -0.120. The molecule has 0 saturated heterocycles. The van der Waals surface area contributed by atoms with Crippen LogP contribution in [0, 0.1) is 6.92 Å². The minimum Gasteiger partial charge on any atom is -0.309 e. The van der Waals surface area contributed by atoms with E-state index < -0.39 is 0 Å². The van der Waals surface area contributed by atoms with Gasteiger partial charge in [-0.25, -0.2) is 0 Å². The highest BCUT2D eigenvalue weighted by Gasteiger charge is 2.22. The van der Waals surface area contributed by atoms with Crippen molar-refractivity contribution >= 4 is 17.5 Å². The molecule has 1 fully saturated rings. The summed E-state index contributed by atoms with van der Waals surface area (Å²) in [6.07, 6.45) is 3.58. The van der Waals surface area contributed by atoms with Crippen molar-refractivity contribution < 1.29 is 4.79 Å². The second-order valence-corrected chi connectivity index (χ2v) is 5.23. The fourth-order valence-corrected chi connectivity index (χ4v) is 2.96. The highest BCUT2D eigenvalue weighted by Crippen LogP contribution is 2.31. The molecular formula is C10H15N3OS. The molecule has 1 unspecified atom stereocenters. The Morgan fingerprint density at radius 1 is 1.47 bits per heavy atom. The molecular weight excluding hydrogens is 210 g/mol. The molecule has 4 nitrogen and oxygen atoms in total. The van der Waals surface area contributed by atoms with E-state index in [1.54, 1.807) is 11.8 Å². The smallest absolute Gasteiger partial charge is 0.191 e. The maximum atomic E-state index is 11.3. The lowest BCUT2D eigenvalue weighted by atomic mass is 9.99. The lowest BCUT2D eigenvalue weighted by Gasteiger charge is -2.19. The summed E-state index contributed by atoms with van der Waals surface area (Å²) in [5.41, 5.74) is 0. The van der Waals surface area contributed by atoms with Gasteiger partial charge in [-0.15, -0.1) is 10.2 Å². The lowest BCUT2D eigenvalue weighted by Crippen LogP contribution is -2.17. The van der Waals surface area contributed by atoms with Crippen LogP contribution >= 0.6 is 11.8 Å². The van der Waals surface area contributed by atoms with Gasteiger partial charge in [0.2, 0.25) is 0 Å². The van der Waals surface area contributed by atoms with Gasteiger partial charge in [-0.3, -0.25) is 4.79 Å². The Morgan fingerprint density at radius 2 is 2.27 bits per heavy atom. The second kappa shape index (κ2) is 4.35. The minimum absolute atomic E-state index is 0.387. The molecule has 1 aliphatic rings. The summed E-state index contributed by atoms with van der Waals surface area (Å²) in [6.45, 7) is 1.93. The topological polar surface area (TPSA) is 47.8 Å². The molecule has 1 saturated carbocycles. The van der Waals surface area contributed by atoms with Crippen molar-refractivity contribution in [2.24, 2.45) is 7.05 Å². The number of aryl methyl sites for hydroxylation is 1. The van der Waals surface area contributed by atoms with E-state index in [1.807, 2.05) is 18.5 Å². The van der Waals surface area contributed by atoms with Crippen molar-refractivity contribution in [2.75, 3.05) is 0 Å². The van der Waals surface area contributed by atoms with Crippen LogP contribution in [-0.4, -0.2) is 25.8 Å². The largest absolute Gasteiger partial charge is 0.309 e. The van der Waals surface area contributed by atoms with Crippen LogP contribution in [0.3, 0.4) is 0 Å². The molecule has 5 heteroatoms. The number of nitrogens with zero attached hydrogens (tertiary/aromatic N) is 3. The average molecular weight is 225 g/mol. The molecule has 1 aromatic heterocycles. The molecule has 82 valence electrons. The minimum atomic E-state index is 0.387. The van der Waals surface area contributed by atoms with Crippen LogP contribution in [0.4, 0.5) is 0 Å². The molecule has 1 aromatic rings. The van der Waals surface area contributed by atoms with E-state index in [0.29, 0.717) is 17.5 Å². The maximum absolute atomic E-state index is 11.3. The van der Waals surface area contributed by atoms with E-state index in [4.69, 9.17) is 0 Å². The quantitative estimate of drug-likeness (QED) is 0.769. The van der Waals surface area contributed by atoms with Crippen LogP contribution in [0.15, 0.2) is 5.16 Å². The van der Waals surface area contributed by atoms with Crippen molar-refractivity contribution in [3.63, 3.8) is 0 Å². The molecule has 0 amide bonds. The predicted molar refractivity (Wildman–Crippen MR) is 58.9 cm³/mol. The summed E-state index contributed by atoms with van der Waals surface area (Å²) in [5.74, 6) is 1.30. The number of ketones is 1. The van der Waals surface area contributed by atoms with Crippen molar-refractivity contribution in [3.05, 3.63) is 5.82 Å². The Bertz CT molecular complexity index is 375. The van der Waals surface area contributed by atoms with Crippen LogP contribution < -0.4 is 0 Å². The second-order valence-electron chi connectivity index (χ2n) is 3.96. The van der Waals surface area contributed by atoms with Gasteiger partial charge in [-0.2, -0.15) is 0 Å². The number of aromatic nitrogens is 3. The fourth-order valence-electron chi connectivity index (χ4n) is 1.72. The number of Topliss-reactive ketones (excluding diaryl/α,β-unsaturated/α-hetero) is 1. The highest BCUT2D eigenvalue weighted by molar-refractivity contribution is 7.99. The Kier molecular flexibility index (Phi) is 3.09. The van der Waals surface area contributed by atoms with Gasteiger partial charge < -0.3 is 4.57 Å². The van der Waals surface area contributed by atoms with E-state index >= 15 is 0 Å². The van der Waals surface area contributed by atoms with E-state index in [1.165, 1.54) is 0 Å². The number of rotatable bonds is 2. The van der Waals surface area contributed by atoms with Gasteiger partial charge in [0.05, 0.1) is 0 Å². The molecule has 1 atom stereocenters. The Labute approximate surface area is 93.5 Å². The third-order valence-electron chi connectivity index (χ3n) is 2.76. The number of thioether (sulfide) groups is 1. The van der Waals surface area contributed by atoms with Crippen LogP contribution in [0.1, 0.15) is 31.5 Å². The van der Waals surface area contributed by atoms with Gasteiger partial charge in [0, 0.05) is 25.1 Å². The molecule has 0 aromatic carbocycles. The average Bonchev–Trinajstić information content (AvgIpc) is 2.50. The molecule has 0 N–H and O–H groups in total. The van der Waals surface area contributed by atoms with Crippen molar-refractivity contribution in [3.8, 4) is 0 Å². The molecule has 15 heavy (non-hydrogen) atoms. The summed E-state index contributed by atoms with van der Waals surface area (Å²) in [4.78, 5) is 11.3. The summed E-state index contributed by atoms with van der Waals surface area (Å²) < 4.78 is 1.98. The predicted octanol–water partition coefficient (Wildman–Crippen LogP) is 1.73. The standard InChI is InChI=1S/C10H15N3OS/c1-7-11-12-10(13(7)2)15-9-5-3-4-8(14)6-9/h9H,3-6H2,1-2H3. The monoisotopic (exact) mass is 225 g/mol. The van der Waals surface area contributed by atoms with Crippen LogP contribution in [0.2, 0.25) is 0 Å². The zero-order valence-corrected chi connectivity index (χ0v) is 9.88. The third kappa shape index (κ3) is 2.40. The summed E-state index contributed by atoms with van der Waals surface area (Å²) in [6, 6.07) is 0. The summed E-state index contributed by atoms with van der Waals surface area (Å²) >= 11 is 1.68. The van der Waals surface area contributed by atoms with Gasteiger partial charge >= 0.3 is 0 Å². The first-order valence-electron chi connectivity index (χ1n) is 5.21. The SMILES string of the molecule is Cc1nnc(SC2CCCC(=O)C2)n1C. The first-order valence-corrected chi connectivity index (χ1v) is 6.09. The van der Waals surface area contributed by atoms with Gasteiger partial charge in [-0.1, -0.05) is 11.8 Å². The molecule has 0 spiro atoms. The first-order chi connectivity index (χ1) is 7.16. The maximum Gasteiger partial charge on any atom is 0.191 e. The third-order valence-corrected chi connectivity index (χ3v) is 4.06. The van der Waals surface area contributed by atoms with E-state index in [0.717, 1.165) is 30.2 Å². The Morgan fingerprint density at radius 3 is 2.87 bits per heavy atom. The van der Waals surface area contributed by atoms with Crippen LogP contribution in [0.5, 0.6) is 0 Å². The van der Waals surface area contributed by atoms with Gasteiger partial charge in [0.1, 0.15) is 11.6 Å². The number of carbonyl (C=O) groups is 1. The van der Waals surface area contributed by atoms with Gasteiger partial charge in [0.15, 0.2) is 5.16 Å². The fraction of sp³-hybridized carbons (Fsp3) is 0.700. The van der Waals surface area contributed by atoms with Crippen LogP contribution in [0.25, 0.3) is 0 Å². The normalized spacial score (nSPS) is 22.0. The molecule has 1 heterocycles. The Hall–Kier alpha value is -0.840. The van der Waals surface area contributed by atoms with Gasteiger partial charge in [-0.05, 0) is 19.8 Å². The number of carbonyl (C=O) groups excluding carboxylic acids is 1. The highest BCUT2D eigenvalue weighted by atomic mass is 32.2. The molecule has 2 rings (SSSR count). The number of hydrogen-bond acceptors (Lipinski definition) is 4. The Balaban J connectivity index is 2.02. The van der Waals surface area contributed by atoms with Crippen molar-refractivity contribution in [1.29, 1.82) is 0 Å². The van der Waals surface area contributed by atoms with E-state index in [-0.39, 0.29) is 0 Å². The van der Waals surface area contributed by atoms with Crippen molar-refractivity contribution in [1.82, 2.24) is 14.8 Å². The molecule has 0 radical (unpaired) electrons. The van der Waals surface area contributed by atoms with Crippen molar-refractivity contribution in [2.45, 2.75) is 43.0 Å². The summed E-state index contributed by atoms with van der Waals surface area (Å²) in [5, 5.41) is 9.43. The first kappa shape index (κ1) is 10.7. The summed E-state index contributed by atoms with van der Waals surface area (Å²) in [7, 11) is 1.96.